The van der Waals surface area contributed by atoms with Crippen LogP contribution >= 0.6 is 11.3 Å². The summed E-state index contributed by atoms with van der Waals surface area (Å²) in [4.78, 5) is 32.0. The zero-order valence-corrected chi connectivity index (χ0v) is 19.0. The summed E-state index contributed by atoms with van der Waals surface area (Å²) in [5, 5.41) is 0.486. The molecular formula is C21H24N4O4S2. The quantitative estimate of drug-likeness (QED) is 0.631. The first-order valence-corrected chi connectivity index (χ1v) is 12.6. The molecule has 3 heterocycles. The first kappa shape index (κ1) is 21.7. The fraction of sp³-hybridized carbons (Fsp3) is 0.381. The van der Waals surface area contributed by atoms with Crippen molar-refractivity contribution in [3.8, 4) is 11.1 Å². The Morgan fingerprint density at radius 2 is 1.90 bits per heavy atom. The summed E-state index contributed by atoms with van der Waals surface area (Å²) in [6, 6.07) is 9.64. The van der Waals surface area contributed by atoms with Gasteiger partial charge in [-0.3, -0.25) is 15.0 Å². The molecule has 1 amide bonds. The second-order valence-electron chi connectivity index (χ2n) is 7.55. The molecule has 0 saturated carbocycles. The second-order valence-corrected chi connectivity index (χ2v) is 11.0. The maximum absolute atomic E-state index is 13.2. The molecule has 3 aromatic rings. The zero-order valence-electron chi connectivity index (χ0n) is 17.4. The van der Waals surface area contributed by atoms with E-state index in [0.29, 0.717) is 36.1 Å². The summed E-state index contributed by atoms with van der Waals surface area (Å²) >= 11 is 1.45. The molecule has 164 valence electrons. The minimum absolute atomic E-state index is 0.0503. The lowest BCUT2D eigenvalue weighted by Gasteiger charge is -2.30. The van der Waals surface area contributed by atoms with Crippen LogP contribution in [0.4, 0.5) is 0 Å². The van der Waals surface area contributed by atoms with E-state index in [4.69, 9.17) is 0 Å². The van der Waals surface area contributed by atoms with E-state index in [0.717, 1.165) is 20.7 Å². The van der Waals surface area contributed by atoms with E-state index in [1.54, 1.807) is 6.92 Å². The van der Waals surface area contributed by atoms with Gasteiger partial charge in [0.25, 0.3) is 5.56 Å². The van der Waals surface area contributed by atoms with Crippen LogP contribution in [0.2, 0.25) is 0 Å². The van der Waals surface area contributed by atoms with Gasteiger partial charge in [0.05, 0.1) is 11.1 Å². The molecule has 0 radical (unpaired) electrons. The van der Waals surface area contributed by atoms with E-state index in [1.807, 2.05) is 37.3 Å². The average Bonchev–Trinajstić information content (AvgIpc) is 3.13. The third-order valence-corrected chi connectivity index (χ3v) is 8.56. The Morgan fingerprint density at radius 3 is 2.55 bits per heavy atom. The molecule has 1 aliphatic heterocycles. The number of aryl methyl sites for hydroxylation is 1. The Hall–Kier alpha value is -2.56. The summed E-state index contributed by atoms with van der Waals surface area (Å²) in [6.07, 6.45) is 2.18. The normalized spacial score (nSPS) is 15.9. The number of hydrogen-bond donors (Lipinski definition) is 1. The third kappa shape index (κ3) is 4.15. The van der Waals surface area contributed by atoms with E-state index in [1.165, 1.54) is 22.0 Å². The van der Waals surface area contributed by atoms with Crippen molar-refractivity contribution in [2.45, 2.75) is 26.7 Å². The van der Waals surface area contributed by atoms with Gasteiger partial charge in [0.15, 0.2) is 0 Å². The van der Waals surface area contributed by atoms with Crippen LogP contribution in [0.25, 0.3) is 21.3 Å². The summed E-state index contributed by atoms with van der Waals surface area (Å²) in [7, 11) is -3.25. The van der Waals surface area contributed by atoms with Crippen molar-refractivity contribution in [3.05, 3.63) is 51.9 Å². The number of nitrogens with one attached hydrogen (secondary N) is 1. The van der Waals surface area contributed by atoms with Crippen molar-refractivity contribution in [2.24, 2.45) is 5.92 Å². The molecule has 0 spiro atoms. The molecule has 8 nitrogen and oxygen atoms in total. The molecule has 31 heavy (non-hydrogen) atoms. The van der Waals surface area contributed by atoms with Crippen molar-refractivity contribution in [1.29, 1.82) is 0 Å². The van der Waals surface area contributed by atoms with E-state index in [-0.39, 0.29) is 23.1 Å². The van der Waals surface area contributed by atoms with Gasteiger partial charge >= 0.3 is 0 Å². The number of rotatable bonds is 5. The highest BCUT2D eigenvalue weighted by Crippen LogP contribution is 2.35. The fourth-order valence-electron chi connectivity index (χ4n) is 3.92. The SMILES string of the molecule is CCS(=O)(=O)N1CCC(C(=O)Nn2cnc3sc(C)c(-c4ccccc4)c3c2=O)CC1. The summed E-state index contributed by atoms with van der Waals surface area (Å²) < 4.78 is 26.6. The van der Waals surface area contributed by atoms with Crippen LogP contribution in [0.3, 0.4) is 0 Å². The molecule has 0 aliphatic carbocycles. The van der Waals surface area contributed by atoms with Crippen molar-refractivity contribution < 1.29 is 13.2 Å². The molecule has 0 bridgehead atoms. The molecule has 0 atom stereocenters. The molecule has 4 rings (SSSR count). The average molecular weight is 461 g/mol. The summed E-state index contributed by atoms with van der Waals surface area (Å²) in [5.41, 5.74) is 4.10. The monoisotopic (exact) mass is 460 g/mol. The lowest BCUT2D eigenvalue weighted by molar-refractivity contribution is -0.121. The molecule has 0 unspecified atom stereocenters. The topological polar surface area (TPSA) is 101 Å². The van der Waals surface area contributed by atoms with Crippen LogP contribution in [0.5, 0.6) is 0 Å². The second kappa shape index (κ2) is 8.52. The molecule has 1 saturated heterocycles. The smallest absolute Gasteiger partial charge is 0.273 e. The van der Waals surface area contributed by atoms with E-state index in [9.17, 15) is 18.0 Å². The predicted octanol–water partition coefficient (Wildman–Crippen LogP) is 2.57. The van der Waals surface area contributed by atoms with Crippen molar-refractivity contribution >= 4 is 37.5 Å². The summed E-state index contributed by atoms with van der Waals surface area (Å²) in [6.45, 7) is 4.18. The Balaban J connectivity index is 1.58. The maximum Gasteiger partial charge on any atom is 0.281 e. The molecular weight excluding hydrogens is 436 g/mol. The number of sulfonamides is 1. The number of hydrogen-bond acceptors (Lipinski definition) is 6. The molecule has 1 fully saturated rings. The number of thiophene rings is 1. The summed E-state index contributed by atoms with van der Waals surface area (Å²) in [5.74, 6) is -0.608. The number of carbonyl (C=O) groups excluding carboxylic acids is 1. The van der Waals surface area contributed by atoms with Crippen LogP contribution in [-0.4, -0.2) is 47.1 Å². The molecule has 10 heteroatoms. The molecule has 2 aromatic heterocycles. The van der Waals surface area contributed by atoms with Gasteiger partial charge in [-0.25, -0.2) is 22.4 Å². The van der Waals surface area contributed by atoms with Gasteiger partial charge in [-0.2, -0.15) is 0 Å². The van der Waals surface area contributed by atoms with Crippen molar-refractivity contribution in [1.82, 2.24) is 14.0 Å². The van der Waals surface area contributed by atoms with Crippen LogP contribution in [-0.2, 0) is 14.8 Å². The number of carbonyl (C=O) groups is 1. The van der Waals surface area contributed by atoms with Crippen LogP contribution in [0, 0.1) is 12.8 Å². The van der Waals surface area contributed by atoms with Gasteiger partial charge in [-0.1, -0.05) is 30.3 Å². The minimum Gasteiger partial charge on any atom is -0.273 e. The number of fused-ring (bicyclic) bond motifs is 1. The molecule has 1 aliphatic rings. The highest BCUT2D eigenvalue weighted by molar-refractivity contribution is 7.89. The van der Waals surface area contributed by atoms with E-state index < -0.39 is 10.0 Å². The largest absolute Gasteiger partial charge is 0.281 e. The number of benzene rings is 1. The highest BCUT2D eigenvalue weighted by atomic mass is 32.2. The Labute approximate surface area is 184 Å². The van der Waals surface area contributed by atoms with E-state index in [2.05, 4.69) is 10.4 Å². The zero-order chi connectivity index (χ0) is 22.2. The van der Waals surface area contributed by atoms with Gasteiger partial charge < -0.3 is 0 Å². The van der Waals surface area contributed by atoms with Crippen LogP contribution < -0.4 is 11.0 Å². The van der Waals surface area contributed by atoms with Crippen LogP contribution in [0.1, 0.15) is 24.6 Å². The Morgan fingerprint density at radius 1 is 1.23 bits per heavy atom. The van der Waals surface area contributed by atoms with Gasteiger partial charge in [0, 0.05) is 29.4 Å². The van der Waals surface area contributed by atoms with Gasteiger partial charge in [-0.15, -0.1) is 11.3 Å². The number of aromatic nitrogens is 2. The van der Waals surface area contributed by atoms with Gasteiger partial charge in [0.2, 0.25) is 15.9 Å². The minimum atomic E-state index is -3.25. The van der Waals surface area contributed by atoms with Gasteiger partial charge in [0.1, 0.15) is 11.2 Å². The predicted molar refractivity (Wildman–Crippen MR) is 122 cm³/mol. The number of amides is 1. The van der Waals surface area contributed by atoms with Crippen molar-refractivity contribution in [3.63, 3.8) is 0 Å². The third-order valence-electron chi connectivity index (χ3n) is 5.66. The Kier molecular flexibility index (Phi) is 5.96. The molecule has 1 N–H and O–H groups in total. The Bertz CT molecular complexity index is 1270. The first-order chi connectivity index (χ1) is 14.8. The van der Waals surface area contributed by atoms with Gasteiger partial charge in [-0.05, 0) is 32.3 Å². The number of piperidine rings is 1. The van der Waals surface area contributed by atoms with E-state index >= 15 is 0 Å². The molecule has 1 aromatic carbocycles. The number of nitrogens with zero attached hydrogens (tertiary/aromatic N) is 3. The highest BCUT2D eigenvalue weighted by Gasteiger charge is 2.30. The van der Waals surface area contributed by atoms with Crippen molar-refractivity contribution in [2.75, 3.05) is 24.3 Å². The van der Waals surface area contributed by atoms with Crippen LogP contribution in [0.15, 0.2) is 41.5 Å². The lowest BCUT2D eigenvalue weighted by Crippen LogP contribution is -2.44. The fourth-order valence-corrected chi connectivity index (χ4v) is 6.06. The standard InChI is InChI=1S/C21H24N4O4S2/c1-3-31(28,29)24-11-9-16(10-12-24)19(26)23-25-13-22-20-18(21(25)27)17(14(2)30-20)15-7-5-4-6-8-15/h4-8,13,16H,3,9-12H2,1-2H3,(H,23,26). The first-order valence-electron chi connectivity index (χ1n) is 10.2. The maximum atomic E-state index is 13.2. The lowest BCUT2D eigenvalue weighted by atomic mass is 9.98.